The molecule has 3 N–H and O–H groups in total. The molecule has 106 valence electrons. The molecular weight excluding hydrogens is 244 g/mol. The molecular formula is C14H22N2O3. The zero-order valence-electron chi connectivity index (χ0n) is 11.9. The van der Waals surface area contributed by atoms with E-state index in [4.69, 9.17) is 10.5 Å². The van der Waals surface area contributed by atoms with Gasteiger partial charge in [-0.3, -0.25) is 0 Å². The number of carbonyl (C=O) groups excluding carboxylic acids is 1. The van der Waals surface area contributed by atoms with Crippen LogP contribution in [0.1, 0.15) is 31.1 Å². The normalized spacial score (nSPS) is 11.2. The van der Waals surface area contributed by atoms with Crippen molar-refractivity contribution in [2.45, 2.75) is 26.4 Å². The third-order valence-electron chi connectivity index (χ3n) is 2.71. The fourth-order valence-corrected chi connectivity index (χ4v) is 1.71. The quantitative estimate of drug-likeness (QED) is 0.610. The van der Waals surface area contributed by atoms with E-state index < -0.39 is 5.97 Å². The lowest BCUT2D eigenvalue weighted by atomic mass is 10.1. The minimum Gasteiger partial charge on any atom is -0.465 e. The van der Waals surface area contributed by atoms with Gasteiger partial charge >= 0.3 is 5.97 Å². The minimum absolute atomic E-state index is 0.276. The molecule has 0 spiro atoms. The zero-order valence-corrected chi connectivity index (χ0v) is 11.9. The molecule has 0 atom stereocenters. The second kappa shape index (κ2) is 6.43. The lowest BCUT2D eigenvalue weighted by molar-refractivity contribution is 0.000697. The van der Waals surface area contributed by atoms with Crippen molar-refractivity contribution in [1.82, 2.24) is 0 Å². The number of nitrogens with two attached hydrogens (primary N) is 1. The second-order valence-corrected chi connectivity index (χ2v) is 4.84. The van der Waals surface area contributed by atoms with Crippen molar-refractivity contribution in [2.75, 3.05) is 31.3 Å². The molecule has 0 bridgehead atoms. The Kier molecular flexibility index (Phi) is 5.18. The molecule has 1 aromatic carbocycles. The Labute approximate surface area is 114 Å². The Morgan fingerprint density at radius 2 is 2.11 bits per heavy atom. The Morgan fingerprint density at radius 1 is 1.42 bits per heavy atom. The summed E-state index contributed by atoms with van der Waals surface area (Å²) in [7, 11) is 1.33. The summed E-state index contributed by atoms with van der Waals surface area (Å²) in [4.78, 5) is 11.5. The van der Waals surface area contributed by atoms with Crippen LogP contribution < -0.4 is 11.1 Å². The van der Waals surface area contributed by atoms with Crippen molar-refractivity contribution in [3.63, 3.8) is 0 Å². The third kappa shape index (κ3) is 4.44. The molecule has 0 fully saturated rings. The van der Waals surface area contributed by atoms with Crippen molar-refractivity contribution in [3.05, 3.63) is 23.8 Å². The predicted molar refractivity (Wildman–Crippen MR) is 76.4 cm³/mol. The maximum absolute atomic E-state index is 11.5. The number of hydrogen-bond donors (Lipinski definition) is 2. The van der Waals surface area contributed by atoms with E-state index in [0.29, 0.717) is 24.4 Å². The molecule has 0 heterocycles. The topological polar surface area (TPSA) is 73.6 Å². The van der Waals surface area contributed by atoms with Crippen molar-refractivity contribution < 1.29 is 14.3 Å². The number of anilines is 2. The number of nitrogens with one attached hydrogen (secondary N) is 1. The molecule has 0 aliphatic rings. The monoisotopic (exact) mass is 266 g/mol. The van der Waals surface area contributed by atoms with Gasteiger partial charge in [0.2, 0.25) is 0 Å². The first-order chi connectivity index (χ1) is 8.89. The van der Waals surface area contributed by atoms with Crippen LogP contribution in [-0.4, -0.2) is 31.8 Å². The van der Waals surface area contributed by atoms with Crippen LogP contribution in [-0.2, 0) is 9.47 Å². The summed E-state index contributed by atoms with van der Waals surface area (Å²) in [6.45, 7) is 7.25. The van der Waals surface area contributed by atoms with Gasteiger partial charge in [0.25, 0.3) is 0 Å². The van der Waals surface area contributed by atoms with Gasteiger partial charge in [0.1, 0.15) is 0 Å². The predicted octanol–water partition coefficient (Wildman–Crippen LogP) is 2.28. The van der Waals surface area contributed by atoms with Crippen LogP contribution in [0.25, 0.3) is 0 Å². The van der Waals surface area contributed by atoms with Gasteiger partial charge in [0, 0.05) is 24.5 Å². The van der Waals surface area contributed by atoms with Gasteiger partial charge in [-0.05, 0) is 39.0 Å². The van der Waals surface area contributed by atoms with Crippen molar-refractivity contribution in [3.8, 4) is 0 Å². The van der Waals surface area contributed by atoms with Crippen LogP contribution in [0.15, 0.2) is 18.2 Å². The molecule has 0 radical (unpaired) electrons. The highest BCUT2D eigenvalue weighted by Crippen LogP contribution is 2.20. The highest BCUT2D eigenvalue weighted by Gasteiger charge is 2.17. The molecule has 0 aromatic heterocycles. The van der Waals surface area contributed by atoms with Gasteiger partial charge < -0.3 is 20.5 Å². The molecule has 0 aliphatic heterocycles. The Morgan fingerprint density at radius 3 is 2.68 bits per heavy atom. The van der Waals surface area contributed by atoms with Crippen LogP contribution in [0.3, 0.4) is 0 Å². The van der Waals surface area contributed by atoms with Gasteiger partial charge in [-0.25, -0.2) is 4.79 Å². The lowest BCUT2D eigenvalue weighted by Crippen LogP contribution is -2.33. The fourth-order valence-electron chi connectivity index (χ4n) is 1.71. The first-order valence-electron chi connectivity index (χ1n) is 6.25. The number of esters is 1. The van der Waals surface area contributed by atoms with Gasteiger partial charge in [-0.15, -0.1) is 0 Å². The highest BCUT2D eigenvalue weighted by molar-refractivity contribution is 5.96. The molecule has 1 aromatic rings. The van der Waals surface area contributed by atoms with Crippen LogP contribution in [0, 0.1) is 0 Å². The lowest BCUT2D eigenvalue weighted by Gasteiger charge is -2.25. The van der Waals surface area contributed by atoms with E-state index in [1.165, 1.54) is 7.11 Å². The summed E-state index contributed by atoms with van der Waals surface area (Å²) in [6, 6.07) is 5.19. The minimum atomic E-state index is -0.440. The fraction of sp³-hybridized carbons (Fsp3) is 0.500. The van der Waals surface area contributed by atoms with Crippen LogP contribution in [0.4, 0.5) is 11.4 Å². The third-order valence-corrected chi connectivity index (χ3v) is 2.71. The Hall–Kier alpha value is -1.75. The van der Waals surface area contributed by atoms with Crippen LogP contribution >= 0.6 is 0 Å². The van der Waals surface area contributed by atoms with Crippen LogP contribution in [0.5, 0.6) is 0 Å². The first kappa shape index (κ1) is 15.3. The average Bonchev–Trinajstić information content (AvgIpc) is 2.37. The number of benzene rings is 1. The van der Waals surface area contributed by atoms with Gasteiger partial charge in [-0.2, -0.15) is 0 Å². The summed E-state index contributed by atoms with van der Waals surface area (Å²) < 4.78 is 10.3. The van der Waals surface area contributed by atoms with Crippen LogP contribution in [0.2, 0.25) is 0 Å². The van der Waals surface area contributed by atoms with E-state index in [1.807, 2.05) is 26.8 Å². The van der Waals surface area contributed by atoms with E-state index >= 15 is 0 Å². The molecule has 0 amide bonds. The van der Waals surface area contributed by atoms with Gasteiger partial charge in [0.15, 0.2) is 0 Å². The Balaban J connectivity index is 2.78. The summed E-state index contributed by atoms with van der Waals surface area (Å²) in [5, 5.41) is 3.23. The smallest absolute Gasteiger partial charge is 0.340 e. The van der Waals surface area contributed by atoms with E-state index in [0.717, 1.165) is 5.69 Å². The summed E-state index contributed by atoms with van der Waals surface area (Å²) in [6.07, 6.45) is 0. The van der Waals surface area contributed by atoms with Crippen molar-refractivity contribution in [1.29, 1.82) is 0 Å². The van der Waals surface area contributed by atoms with E-state index in [9.17, 15) is 4.79 Å². The van der Waals surface area contributed by atoms with Gasteiger partial charge in [0.05, 0.1) is 18.3 Å². The largest absolute Gasteiger partial charge is 0.465 e. The molecule has 1 rings (SSSR count). The van der Waals surface area contributed by atoms with E-state index in [-0.39, 0.29) is 5.60 Å². The van der Waals surface area contributed by atoms with Gasteiger partial charge in [-0.1, -0.05) is 0 Å². The maximum Gasteiger partial charge on any atom is 0.340 e. The molecule has 0 aliphatic carbocycles. The molecule has 0 unspecified atom stereocenters. The number of methoxy groups -OCH3 is 1. The number of rotatable bonds is 6. The molecule has 0 saturated heterocycles. The molecule has 0 saturated carbocycles. The number of carbonyl (C=O) groups is 1. The molecule has 5 nitrogen and oxygen atoms in total. The number of nitrogen functional groups attached to an aromatic ring is 1. The standard InChI is InChI=1S/C14H22N2O3/c1-5-19-14(2,3)9-16-10-6-7-12(15)11(8-10)13(17)18-4/h6-8,16H,5,9,15H2,1-4H3. The SMILES string of the molecule is CCOC(C)(C)CNc1ccc(N)c(C(=O)OC)c1. The summed E-state index contributed by atoms with van der Waals surface area (Å²) in [5.74, 6) is -0.440. The molecule has 5 heteroatoms. The molecule has 19 heavy (non-hydrogen) atoms. The Bertz CT molecular complexity index is 444. The maximum atomic E-state index is 11.5. The summed E-state index contributed by atoms with van der Waals surface area (Å²) in [5.41, 5.74) is 7.04. The van der Waals surface area contributed by atoms with Crippen molar-refractivity contribution in [2.24, 2.45) is 0 Å². The highest BCUT2D eigenvalue weighted by atomic mass is 16.5. The van der Waals surface area contributed by atoms with E-state index in [1.54, 1.807) is 12.1 Å². The second-order valence-electron chi connectivity index (χ2n) is 4.84. The van der Waals surface area contributed by atoms with E-state index in [2.05, 4.69) is 10.1 Å². The number of ether oxygens (including phenoxy) is 2. The zero-order chi connectivity index (χ0) is 14.5. The average molecular weight is 266 g/mol. The van der Waals surface area contributed by atoms with Crippen molar-refractivity contribution >= 4 is 17.3 Å². The summed E-state index contributed by atoms with van der Waals surface area (Å²) >= 11 is 0. The first-order valence-corrected chi connectivity index (χ1v) is 6.25. The number of hydrogen-bond acceptors (Lipinski definition) is 5.